The molecule has 0 aliphatic carbocycles. The first-order chi connectivity index (χ1) is 13.8. The van der Waals surface area contributed by atoms with Gasteiger partial charge in [0.15, 0.2) is 0 Å². The number of benzene rings is 1. The number of nitrogens with zero attached hydrogens (tertiary/aromatic N) is 1. The Hall–Kier alpha value is -1.90. The van der Waals surface area contributed by atoms with E-state index in [0.29, 0.717) is 25.9 Å². The Bertz CT molecular complexity index is 881. The minimum absolute atomic E-state index is 0.0288. The van der Waals surface area contributed by atoms with Gasteiger partial charge >= 0.3 is 7.12 Å². The van der Waals surface area contributed by atoms with Crippen molar-refractivity contribution in [2.24, 2.45) is 0 Å². The van der Waals surface area contributed by atoms with Crippen molar-refractivity contribution in [2.75, 3.05) is 18.4 Å². The largest absolute Gasteiger partial charge is 0.494 e. The molecule has 0 aromatic heterocycles. The first-order valence-corrected chi connectivity index (χ1v) is 10.6. The van der Waals surface area contributed by atoms with Crippen LogP contribution in [0.4, 0.5) is 5.69 Å². The van der Waals surface area contributed by atoms with Crippen LogP contribution in [0, 0.1) is 0 Å². The summed E-state index contributed by atoms with van der Waals surface area (Å²) in [5, 5.41) is 13.1. The van der Waals surface area contributed by atoms with E-state index < -0.39 is 29.3 Å². The molecule has 2 fully saturated rings. The van der Waals surface area contributed by atoms with Gasteiger partial charge in [0.25, 0.3) is 5.91 Å². The molecule has 0 radical (unpaired) electrons. The second-order valence-corrected chi connectivity index (χ2v) is 10.3. The lowest BCUT2D eigenvalue weighted by atomic mass is 9.71. The Morgan fingerprint density at radius 3 is 2.23 bits per heavy atom. The van der Waals surface area contributed by atoms with Crippen LogP contribution in [0.3, 0.4) is 0 Å². The summed E-state index contributed by atoms with van der Waals surface area (Å²) in [7, 11) is -0.486. The van der Waals surface area contributed by atoms with Gasteiger partial charge in [-0.15, -0.1) is 0 Å². The lowest BCUT2D eigenvalue weighted by Gasteiger charge is -2.39. The Kier molecular flexibility index (Phi) is 4.66. The molecule has 0 unspecified atom stereocenters. The van der Waals surface area contributed by atoms with Crippen LogP contribution in [0.1, 0.15) is 59.9 Å². The SMILES string of the molecule is CC(C)(O)C(=O)N1CCC2(CC1)C(=O)Nc1cc(B3OC(C)(C)C(C)(C)O3)ccc12. The second-order valence-electron chi connectivity index (χ2n) is 10.3. The van der Waals surface area contributed by atoms with Gasteiger partial charge in [0, 0.05) is 18.8 Å². The molecule has 2 amide bonds. The number of hydrogen-bond donors (Lipinski definition) is 2. The Balaban J connectivity index is 1.56. The van der Waals surface area contributed by atoms with Gasteiger partial charge in [-0.1, -0.05) is 12.1 Å². The number of rotatable bonds is 2. The zero-order valence-corrected chi connectivity index (χ0v) is 18.7. The van der Waals surface area contributed by atoms with Crippen LogP contribution in [-0.2, 0) is 24.3 Å². The summed E-state index contributed by atoms with van der Waals surface area (Å²) in [4.78, 5) is 27.0. The van der Waals surface area contributed by atoms with E-state index in [0.717, 1.165) is 16.7 Å². The average Bonchev–Trinajstić information content (AvgIpc) is 3.03. The molecule has 2 saturated heterocycles. The van der Waals surface area contributed by atoms with Crippen molar-refractivity contribution in [3.63, 3.8) is 0 Å². The molecule has 4 rings (SSSR count). The van der Waals surface area contributed by atoms with Gasteiger partial charge in [-0.2, -0.15) is 0 Å². The molecule has 8 heteroatoms. The lowest BCUT2D eigenvalue weighted by molar-refractivity contribution is -0.150. The standard InChI is InChI=1S/C22H31BN2O5/c1-19(2,28)18(27)25-11-9-22(10-12-25)15-8-7-14(13-16(15)24-17(22)26)23-29-20(3,4)21(5,6)30-23/h7-8,13,28H,9-12H2,1-6H3,(H,24,26). The number of aliphatic hydroxyl groups is 1. The van der Waals surface area contributed by atoms with Crippen LogP contribution >= 0.6 is 0 Å². The normalized spacial score (nSPS) is 24.2. The molecule has 7 nitrogen and oxygen atoms in total. The molecule has 3 aliphatic rings. The number of carbonyl (C=O) groups excluding carboxylic acids is 2. The summed E-state index contributed by atoms with van der Waals surface area (Å²) in [6.07, 6.45) is 1.06. The van der Waals surface area contributed by atoms with Crippen LogP contribution in [-0.4, -0.2) is 58.8 Å². The van der Waals surface area contributed by atoms with Gasteiger partial charge < -0.3 is 24.6 Å². The summed E-state index contributed by atoms with van der Waals surface area (Å²) in [5.41, 5.74) is -0.280. The van der Waals surface area contributed by atoms with Gasteiger partial charge in [-0.3, -0.25) is 9.59 Å². The number of anilines is 1. The highest BCUT2D eigenvalue weighted by Crippen LogP contribution is 2.45. The molecule has 0 saturated carbocycles. The molecule has 3 heterocycles. The minimum atomic E-state index is -1.40. The van der Waals surface area contributed by atoms with Crippen LogP contribution < -0.4 is 10.8 Å². The molecule has 1 aromatic rings. The van der Waals surface area contributed by atoms with Crippen molar-refractivity contribution in [2.45, 2.75) is 76.6 Å². The first kappa shape index (κ1) is 21.3. The molecule has 0 bridgehead atoms. The van der Waals surface area contributed by atoms with E-state index in [4.69, 9.17) is 9.31 Å². The zero-order chi connectivity index (χ0) is 22.1. The fourth-order valence-corrected chi connectivity index (χ4v) is 4.55. The Morgan fingerprint density at radius 2 is 1.70 bits per heavy atom. The van der Waals surface area contributed by atoms with Crippen LogP contribution in [0.5, 0.6) is 0 Å². The van der Waals surface area contributed by atoms with E-state index in [1.807, 2.05) is 45.9 Å². The smallest absolute Gasteiger partial charge is 0.399 e. The van der Waals surface area contributed by atoms with Crippen LogP contribution in [0.25, 0.3) is 0 Å². The summed E-state index contributed by atoms with van der Waals surface area (Å²) in [5.74, 6) is -0.328. The summed E-state index contributed by atoms with van der Waals surface area (Å²) in [6.45, 7) is 11.9. The zero-order valence-electron chi connectivity index (χ0n) is 18.7. The molecule has 2 N–H and O–H groups in total. The maximum absolute atomic E-state index is 13.0. The summed E-state index contributed by atoms with van der Waals surface area (Å²) >= 11 is 0. The number of amides is 2. The predicted molar refractivity (Wildman–Crippen MR) is 115 cm³/mol. The van der Waals surface area contributed by atoms with Crippen molar-refractivity contribution in [3.8, 4) is 0 Å². The molecule has 30 heavy (non-hydrogen) atoms. The quantitative estimate of drug-likeness (QED) is 0.718. The fraction of sp³-hybridized carbons (Fsp3) is 0.636. The van der Waals surface area contributed by atoms with Gasteiger partial charge in [0.1, 0.15) is 5.60 Å². The van der Waals surface area contributed by atoms with Gasteiger partial charge in [0.2, 0.25) is 5.91 Å². The fourth-order valence-electron chi connectivity index (χ4n) is 4.55. The average molecular weight is 414 g/mol. The number of carbonyl (C=O) groups is 2. The molecule has 0 atom stereocenters. The minimum Gasteiger partial charge on any atom is -0.399 e. The molecule has 1 spiro atoms. The van der Waals surface area contributed by atoms with Crippen LogP contribution in [0.15, 0.2) is 18.2 Å². The van der Waals surface area contributed by atoms with E-state index in [2.05, 4.69) is 5.32 Å². The van der Waals surface area contributed by atoms with Crippen molar-refractivity contribution in [1.82, 2.24) is 4.90 Å². The number of likely N-dealkylation sites (tertiary alicyclic amines) is 1. The van der Waals surface area contributed by atoms with E-state index >= 15 is 0 Å². The Morgan fingerprint density at radius 1 is 1.13 bits per heavy atom. The van der Waals surface area contributed by atoms with Crippen LogP contribution in [0.2, 0.25) is 0 Å². The topological polar surface area (TPSA) is 88.1 Å². The number of nitrogens with one attached hydrogen (secondary N) is 1. The predicted octanol–water partition coefficient (Wildman–Crippen LogP) is 1.57. The maximum atomic E-state index is 13.0. The molecule has 1 aromatic carbocycles. The van der Waals surface area contributed by atoms with Gasteiger partial charge in [0.05, 0.1) is 16.6 Å². The molecular formula is C22H31BN2O5. The van der Waals surface area contributed by atoms with Crippen molar-refractivity contribution in [3.05, 3.63) is 23.8 Å². The van der Waals surface area contributed by atoms with Gasteiger partial charge in [-0.05, 0) is 71.5 Å². The second kappa shape index (κ2) is 6.55. The third-order valence-electron chi connectivity index (χ3n) is 7.20. The monoisotopic (exact) mass is 414 g/mol. The maximum Gasteiger partial charge on any atom is 0.494 e. The third kappa shape index (κ3) is 3.16. The highest BCUT2D eigenvalue weighted by Gasteiger charge is 2.53. The van der Waals surface area contributed by atoms with E-state index in [1.54, 1.807) is 4.90 Å². The van der Waals surface area contributed by atoms with Crippen molar-refractivity contribution >= 4 is 30.1 Å². The number of fused-ring (bicyclic) bond motifs is 2. The van der Waals surface area contributed by atoms with E-state index in [1.165, 1.54) is 13.8 Å². The third-order valence-corrected chi connectivity index (χ3v) is 7.20. The highest BCUT2D eigenvalue weighted by molar-refractivity contribution is 6.62. The molecule has 3 aliphatic heterocycles. The number of piperidine rings is 1. The Labute approximate surface area is 178 Å². The molecule has 162 valence electrons. The van der Waals surface area contributed by atoms with Crippen molar-refractivity contribution < 1.29 is 24.0 Å². The number of hydrogen-bond acceptors (Lipinski definition) is 5. The first-order valence-electron chi connectivity index (χ1n) is 10.6. The van der Waals surface area contributed by atoms with Gasteiger partial charge in [-0.25, -0.2) is 0 Å². The van der Waals surface area contributed by atoms with E-state index in [-0.39, 0.29) is 11.8 Å². The summed E-state index contributed by atoms with van der Waals surface area (Å²) in [6, 6.07) is 5.90. The highest BCUT2D eigenvalue weighted by atomic mass is 16.7. The van der Waals surface area contributed by atoms with Crippen molar-refractivity contribution in [1.29, 1.82) is 0 Å². The van der Waals surface area contributed by atoms with E-state index in [9.17, 15) is 14.7 Å². The lowest BCUT2D eigenvalue weighted by Crippen LogP contribution is -2.53. The molecular weight excluding hydrogens is 383 g/mol. The summed E-state index contributed by atoms with van der Waals surface area (Å²) < 4.78 is 12.3.